The van der Waals surface area contributed by atoms with Gasteiger partial charge in [0.05, 0.1) is 6.04 Å². The molecule has 1 heterocycles. The van der Waals surface area contributed by atoms with Crippen LogP contribution in [0, 0.1) is 0 Å². The molecule has 1 atom stereocenters. The van der Waals surface area contributed by atoms with Crippen molar-refractivity contribution in [2.24, 2.45) is 5.73 Å². The lowest BCUT2D eigenvalue weighted by molar-refractivity contribution is 0.462. The molecule has 5 heteroatoms. The van der Waals surface area contributed by atoms with Crippen LogP contribution in [0.1, 0.15) is 48.7 Å². The minimum absolute atomic E-state index is 0.0770. The van der Waals surface area contributed by atoms with E-state index in [-0.39, 0.29) is 6.04 Å². The van der Waals surface area contributed by atoms with Crippen LogP contribution in [0.15, 0.2) is 30.3 Å². The molecule has 112 valence electrons. The Bertz CT molecular complexity index is 548. The number of hydrogen-bond donors (Lipinski definition) is 2. The second-order valence-electron chi connectivity index (χ2n) is 5.72. The van der Waals surface area contributed by atoms with Gasteiger partial charge < -0.3 is 11.1 Å². The van der Waals surface area contributed by atoms with E-state index in [4.69, 9.17) is 5.73 Å². The number of nitrogens with zero attached hydrogens (tertiary/aromatic N) is 2. The first-order chi connectivity index (χ1) is 10.3. The van der Waals surface area contributed by atoms with Gasteiger partial charge in [-0.05, 0) is 24.8 Å². The molecule has 3 rings (SSSR count). The van der Waals surface area contributed by atoms with Gasteiger partial charge in [-0.3, -0.25) is 0 Å². The van der Waals surface area contributed by atoms with Crippen molar-refractivity contribution in [3.8, 4) is 0 Å². The number of benzene rings is 1. The molecule has 0 radical (unpaired) electrons. The third kappa shape index (κ3) is 4.02. The molecule has 2 aromatic rings. The number of aromatic nitrogens is 2. The standard InChI is InChI=1S/C16H22N4S/c17-14(11-12-7-3-1-4-8-12)15-19-20-16(21-15)18-13-9-5-2-6-10-13/h1,3-4,7-8,13-14H,2,5-6,9-11,17H2,(H,18,20)/t14-/m0/s1. The summed E-state index contributed by atoms with van der Waals surface area (Å²) in [4.78, 5) is 0. The van der Waals surface area contributed by atoms with Crippen LogP contribution < -0.4 is 11.1 Å². The van der Waals surface area contributed by atoms with Crippen molar-refractivity contribution in [1.82, 2.24) is 10.2 Å². The third-order valence-electron chi connectivity index (χ3n) is 3.99. The predicted octanol–water partition coefficient (Wildman–Crippen LogP) is 3.53. The lowest BCUT2D eigenvalue weighted by Crippen LogP contribution is -2.22. The molecule has 0 unspecified atom stereocenters. The van der Waals surface area contributed by atoms with Gasteiger partial charge in [-0.1, -0.05) is 60.9 Å². The Morgan fingerprint density at radius 2 is 1.90 bits per heavy atom. The highest BCUT2D eigenvalue weighted by Gasteiger charge is 2.17. The quantitative estimate of drug-likeness (QED) is 0.887. The maximum atomic E-state index is 6.25. The molecule has 1 aromatic heterocycles. The summed E-state index contributed by atoms with van der Waals surface area (Å²) >= 11 is 1.60. The van der Waals surface area contributed by atoms with Gasteiger partial charge in [0.2, 0.25) is 5.13 Å². The van der Waals surface area contributed by atoms with Gasteiger partial charge in [0.1, 0.15) is 5.01 Å². The van der Waals surface area contributed by atoms with Crippen LogP contribution >= 0.6 is 11.3 Å². The molecule has 1 aromatic carbocycles. The van der Waals surface area contributed by atoms with Gasteiger partial charge in [0, 0.05) is 6.04 Å². The first kappa shape index (κ1) is 14.5. The summed E-state index contributed by atoms with van der Waals surface area (Å²) in [5.74, 6) is 0. The van der Waals surface area contributed by atoms with Gasteiger partial charge in [-0.15, -0.1) is 10.2 Å². The normalized spacial score (nSPS) is 17.6. The highest BCUT2D eigenvalue weighted by atomic mass is 32.1. The summed E-state index contributed by atoms with van der Waals surface area (Å²) in [6, 6.07) is 10.8. The van der Waals surface area contributed by atoms with Gasteiger partial charge >= 0.3 is 0 Å². The number of rotatable bonds is 5. The van der Waals surface area contributed by atoms with E-state index in [0.717, 1.165) is 16.6 Å². The molecular weight excluding hydrogens is 280 g/mol. The van der Waals surface area contributed by atoms with E-state index < -0.39 is 0 Å². The molecule has 1 aliphatic carbocycles. The van der Waals surface area contributed by atoms with Gasteiger partial charge in [0.25, 0.3) is 0 Å². The van der Waals surface area contributed by atoms with Gasteiger partial charge in [-0.2, -0.15) is 0 Å². The van der Waals surface area contributed by atoms with Crippen LogP contribution in [0.4, 0.5) is 5.13 Å². The van der Waals surface area contributed by atoms with E-state index in [0.29, 0.717) is 6.04 Å². The van der Waals surface area contributed by atoms with E-state index in [1.54, 1.807) is 11.3 Å². The van der Waals surface area contributed by atoms with Crippen molar-refractivity contribution in [2.45, 2.75) is 50.6 Å². The minimum atomic E-state index is -0.0770. The monoisotopic (exact) mass is 302 g/mol. The molecule has 1 fully saturated rings. The third-order valence-corrected chi connectivity index (χ3v) is 4.98. The summed E-state index contributed by atoms with van der Waals surface area (Å²) in [5.41, 5.74) is 7.49. The van der Waals surface area contributed by atoms with Crippen molar-refractivity contribution in [3.63, 3.8) is 0 Å². The fraction of sp³-hybridized carbons (Fsp3) is 0.500. The first-order valence-electron chi connectivity index (χ1n) is 7.71. The van der Waals surface area contributed by atoms with E-state index in [1.165, 1.54) is 37.7 Å². The van der Waals surface area contributed by atoms with Crippen LogP contribution in [0.2, 0.25) is 0 Å². The number of hydrogen-bond acceptors (Lipinski definition) is 5. The zero-order valence-electron chi connectivity index (χ0n) is 12.2. The van der Waals surface area contributed by atoms with E-state index >= 15 is 0 Å². The van der Waals surface area contributed by atoms with Crippen LogP contribution in [0.5, 0.6) is 0 Å². The van der Waals surface area contributed by atoms with E-state index in [1.807, 2.05) is 18.2 Å². The Morgan fingerprint density at radius 1 is 1.14 bits per heavy atom. The summed E-state index contributed by atoms with van der Waals surface area (Å²) < 4.78 is 0. The van der Waals surface area contributed by atoms with Crippen molar-refractivity contribution >= 4 is 16.5 Å². The average molecular weight is 302 g/mol. The van der Waals surface area contributed by atoms with Crippen LogP contribution in [0.3, 0.4) is 0 Å². The Hall–Kier alpha value is -1.46. The number of anilines is 1. The summed E-state index contributed by atoms with van der Waals surface area (Å²) in [6.07, 6.45) is 7.28. The highest BCUT2D eigenvalue weighted by Crippen LogP contribution is 2.26. The van der Waals surface area contributed by atoms with E-state index in [9.17, 15) is 0 Å². The maximum Gasteiger partial charge on any atom is 0.205 e. The lowest BCUT2D eigenvalue weighted by Gasteiger charge is -2.21. The molecule has 0 aliphatic heterocycles. The summed E-state index contributed by atoms with van der Waals surface area (Å²) in [6.45, 7) is 0. The minimum Gasteiger partial charge on any atom is -0.357 e. The smallest absolute Gasteiger partial charge is 0.205 e. The Kier molecular flexibility index (Phi) is 4.83. The van der Waals surface area contributed by atoms with Crippen molar-refractivity contribution in [2.75, 3.05) is 5.32 Å². The summed E-state index contributed by atoms with van der Waals surface area (Å²) in [7, 11) is 0. The zero-order valence-corrected chi connectivity index (χ0v) is 13.0. The maximum absolute atomic E-state index is 6.25. The fourth-order valence-corrected chi connectivity index (χ4v) is 3.64. The fourth-order valence-electron chi connectivity index (χ4n) is 2.82. The molecule has 3 N–H and O–H groups in total. The van der Waals surface area contributed by atoms with Crippen LogP contribution in [-0.4, -0.2) is 16.2 Å². The molecule has 0 saturated heterocycles. The van der Waals surface area contributed by atoms with Crippen molar-refractivity contribution in [3.05, 3.63) is 40.9 Å². The molecule has 4 nitrogen and oxygen atoms in total. The largest absolute Gasteiger partial charge is 0.357 e. The molecule has 21 heavy (non-hydrogen) atoms. The van der Waals surface area contributed by atoms with Gasteiger partial charge in [-0.25, -0.2) is 0 Å². The SMILES string of the molecule is N[C@@H](Cc1ccccc1)c1nnc(NC2CCCCC2)s1. The second kappa shape index (κ2) is 7.00. The van der Waals surface area contributed by atoms with E-state index in [2.05, 4.69) is 27.6 Å². The van der Waals surface area contributed by atoms with Crippen molar-refractivity contribution in [1.29, 1.82) is 0 Å². The zero-order chi connectivity index (χ0) is 14.5. The molecule has 0 amide bonds. The second-order valence-corrected chi connectivity index (χ2v) is 6.73. The first-order valence-corrected chi connectivity index (χ1v) is 8.52. The molecule has 1 saturated carbocycles. The molecule has 0 bridgehead atoms. The summed E-state index contributed by atoms with van der Waals surface area (Å²) in [5, 5.41) is 13.8. The molecular formula is C16H22N4S. The number of nitrogens with two attached hydrogens (primary N) is 1. The Morgan fingerprint density at radius 3 is 2.67 bits per heavy atom. The van der Waals surface area contributed by atoms with Crippen LogP contribution in [0.25, 0.3) is 0 Å². The predicted molar refractivity (Wildman–Crippen MR) is 87.5 cm³/mol. The Labute approximate surface area is 129 Å². The molecule has 1 aliphatic rings. The van der Waals surface area contributed by atoms with Crippen molar-refractivity contribution < 1.29 is 0 Å². The number of nitrogens with one attached hydrogen (secondary N) is 1. The van der Waals surface area contributed by atoms with Crippen LogP contribution in [-0.2, 0) is 6.42 Å². The Balaban J connectivity index is 1.58. The molecule has 0 spiro atoms. The van der Waals surface area contributed by atoms with Gasteiger partial charge in [0.15, 0.2) is 0 Å². The topological polar surface area (TPSA) is 63.8 Å². The average Bonchev–Trinajstić information content (AvgIpc) is 2.98. The highest BCUT2D eigenvalue weighted by molar-refractivity contribution is 7.15. The lowest BCUT2D eigenvalue weighted by atomic mass is 9.96.